The second-order valence-corrected chi connectivity index (χ2v) is 4.59. The van der Waals surface area contributed by atoms with E-state index in [9.17, 15) is 4.79 Å². The highest BCUT2D eigenvalue weighted by Crippen LogP contribution is 2.15. The van der Waals surface area contributed by atoms with E-state index in [-0.39, 0.29) is 5.97 Å². The number of aryl methyl sites for hydroxylation is 1. The summed E-state index contributed by atoms with van der Waals surface area (Å²) in [4.78, 5) is 11.7. The van der Waals surface area contributed by atoms with Crippen LogP contribution in [0.4, 0.5) is 0 Å². The Balaban J connectivity index is 1.91. The van der Waals surface area contributed by atoms with E-state index >= 15 is 0 Å². The Labute approximate surface area is 112 Å². The van der Waals surface area contributed by atoms with Gasteiger partial charge in [-0.05, 0) is 13.3 Å². The first kappa shape index (κ1) is 14.0. The van der Waals surface area contributed by atoms with Gasteiger partial charge in [-0.1, -0.05) is 0 Å². The quantitative estimate of drug-likeness (QED) is 0.724. The highest BCUT2D eigenvalue weighted by molar-refractivity contribution is 5.90. The molecule has 19 heavy (non-hydrogen) atoms. The first-order valence-electron chi connectivity index (χ1n) is 6.55. The lowest BCUT2D eigenvalue weighted by Crippen LogP contribution is -2.13. The summed E-state index contributed by atoms with van der Waals surface area (Å²) in [6.45, 7) is 4.72. The summed E-state index contributed by atoms with van der Waals surface area (Å²) in [5, 5.41) is 4.08. The molecule has 0 amide bonds. The highest BCUT2D eigenvalue weighted by atomic mass is 16.5. The van der Waals surface area contributed by atoms with Crippen molar-refractivity contribution in [3.05, 3.63) is 17.5 Å². The average molecular weight is 268 g/mol. The second-order valence-electron chi connectivity index (χ2n) is 4.59. The third-order valence-corrected chi connectivity index (χ3v) is 3.17. The van der Waals surface area contributed by atoms with Crippen molar-refractivity contribution in [3.63, 3.8) is 0 Å². The summed E-state index contributed by atoms with van der Waals surface area (Å²) in [6, 6.07) is 0. The molecule has 0 radical (unpaired) electrons. The van der Waals surface area contributed by atoms with Crippen LogP contribution in [0.3, 0.4) is 0 Å². The first-order valence-corrected chi connectivity index (χ1v) is 6.55. The molecule has 1 aliphatic rings. The fraction of sp³-hybridized carbons (Fsp3) is 0.692. The number of hydrogen-bond donors (Lipinski definition) is 0. The summed E-state index contributed by atoms with van der Waals surface area (Å²) in [6.07, 6.45) is 2.56. The van der Waals surface area contributed by atoms with Gasteiger partial charge in [0.05, 0.1) is 38.3 Å². The lowest BCUT2D eigenvalue weighted by Gasteiger charge is -2.10. The number of carbonyl (C=O) groups excluding carboxylic acids is 1. The van der Waals surface area contributed by atoms with Crippen molar-refractivity contribution in [1.29, 1.82) is 0 Å². The van der Waals surface area contributed by atoms with E-state index in [0.717, 1.165) is 25.3 Å². The Hall–Kier alpha value is -1.40. The van der Waals surface area contributed by atoms with Crippen LogP contribution >= 0.6 is 0 Å². The van der Waals surface area contributed by atoms with Gasteiger partial charge in [-0.2, -0.15) is 5.10 Å². The largest absolute Gasteiger partial charge is 0.462 e. The minimum atomic E-state index is -0.349. The van der Waals surface area contributed by atoms with E-state index in [2.05, 4.69) is 5.10 Å². The van der Waals surface area contributed by atoms with Crippen LogP contribution in [0, 0.1) is 5.92 Å². The van der Waals surface area contributed by atoms with Gasteiger partial charge in [0.2, 0.25) is 0 Å². The van der Waals surface area contributed by atoms with Crippen LogP contribution in [0.1, 0.15) is 29.4 Å². The predicted molar refractivity (Wildman–Crippen MR) is 67.7 cm³/mol. The minimum absolute atomic E-state index is 0.349. The monoisotopic (exact) mass is 268 g/mol. The Bertz CT molecular complexity index is 424. The van der Waals surface area contributed by atoms with E-state index < -0.39 is 0 Å². The third-order valence-electron chi connectivity index (χ3n) is 3.17. The van der Waals surface area contributed by atoms with Crippen molar-refractivity contribution < 1.29 is 19.0 Å². The molecule has 2 rings (SSSR count). The molecule has 106 valence electrons. The summed E-state index contributed by atoms with van der Waals surface area (Å²) in [7, 11) is 1.79. The maximum Gasteiger partial charge on any atom is 0.341 e. The van der Waals surface area contributed by atoms with Crippen molar-refractivity contribution in [3.8, 4) is 0 Å². The zero-order chi connectivity index (χ0) is 13.7. The van der Waals surface area contributed by atoms with Crippen molar-refractivity contribution in [2.45, 2.75) is 20.0 Å². The van der Waals surface area contributed by atoms with Gasteiger partial charge in [-0.3, -0.25) is 4.68 Å². The van der Waals surface area contributed by atoms with Gasteiger partial charge in [0.1, 0.15) is 5.56 Å². The van der Waals surface area contributed by atoms with Gasteiger partial charge in [0.15, 0.2) is 0 Å². The van der Waals surface area contributed by atoms with Crippen LogP contribution in [-0.2, 0) is 27.9 Å². The molecule has 1 aromatic heterocycles. The molecule has 1 fully saturated rings. The van der Waals surface area contributed by atoms with Gasteiger partial charge in [-0.15, -0.1) is 0 Å². The predicted octanol–water partition coefficient (Wildman–Crippen LogP) is 1.15. The summed E-state index contributed by atoms with van der Waals surface area (Å²) in [5.74, 6) is 0.109. The molecule has 1 unspecified atom stereocenters. The molecule has 0 aromatic carbocycles. The van der Waals surface area contributed by atoms with Crippen LogP contribution < -0.4 is 0 Å². The fourth-order valence-corrected chi connectivity index (χ4v) is 2.05. The van der Waals surface area contributed by atoms with E-state index in [1.54, 1.807) is 18.7 Å². The zero-order valence-electron chi connectivity index (χ0n) is 11.4. The standard InChI is InChI=1S/C13H20N2O4/c1-3-19-13(16)11-6-14-15(2)12(11)9-18-8-10-4-5-17-7-10/h6,10H,3-5,7-9H2,1-2H3. The smallest absolute Gasteiger partial charge is 0.341 e. The molecule has 0 spiro atoms. The molecule has 0 N–H and O–H groups in total. The van der Waals surface area contributed by atoms with E-state index in [1.807, 2.05) is 0 Å². The molecule has 6 nitrogen and oxygen atoms in total. The number of rotatable bonds is 6. The molecule has 2 heterocycles. The Kier molecular flexibility index (Phi) is 4.93. The molecule has 0 aliphatic carbocycles. The van der Waals surface area contributed by atoms with E-state index in [4.69, 9.17) is 14.2 Å². The summed E-state index contributed by atoms with van der Waals surface area (Å²) in [5.41, 5.74) is 1.23. The molecular weight excluding hydrogens is 248 g/mol. The van der Waals surface area contributed by atoms with Gasteiger partial charge < -0.3 is 14.2 Å². The van der Waals surface area contributed by atoms with E-state index in [0.29, 0.717) is 31.3 Å². The van der Waals surface area contributed by atoms with Crippen molar-refractivity contribution in [2.24, 2.45) is 13.0 Å². The number of ether oxygens (including phenoxy) is 3. The van der Waals surface area contributed by atoms with Gasteiger partial charge in [0.25, 0.3) is 0 Å². The van der Waals surface area contributed by atoms with Crippen LogP contribution in [-0.4, -0.2) is 42.2 Å². The molecule has 1 aromatic rings. The van der Waals surface area contributed by atoms with Crippen molar-refractivity contribution in [1.82, 2.24) is 9.78 Å². The lowest BCUT2D eigenvalue weighted by atomic mass is 10.1. The summed E-state index contributed by atoms with van der Waals surface area (Å²) < 4.78 is 17.6. The first-order chi connectivity index (χ1) is 9.22. The zero-order valence-corrected chi connectivity index (χ0v) is 11.4. The van der Waals surface area contributed by atoms with Gasteiger partial charge in [-0.25, -0.2) is 4.79 Å². The number of nitrogens with zero attached hydrogens (tertiary/aromatic N) is 2. The molecular formula is C13H20N2O4. The average Bonchev–Trinajstić information content (AvgIpc) is 3.01. The molecule has 0 bridgehead atoms. The molecule has 1 aliphatic heterocycles. The molecule has 1 atom stereocenters. The topological polar surface area (TPSA) is 62.6 Å². The highest BCUT2D eigenvalue weighted by Gasteiger charge is 2.19. The summed E-state index contributed by atoms with van der Waals surface area (Å²) >= 11 is 0. The maximum absolute atomic E-state index is 11.7. The Morgan fingerprint density at radius 2 is 2.47 bits per heavy atom. The number of esters is 1. The van der Waals surface area contributed by atoms with Gasteiger partial charge in [0, 0.05) is 19.6 Å². The lowest BCUT2D eigenvalue weighted by molar-refractivity contribution is 0.0508. The minimum Gasteiger partial charge on any atom is -0.462 e. The number of carbonyl (C=O) groups is 1. The normalized spacial score (nSPS) is 18.7. The van der Waals surface area contributed by atoms with Crippen molar-refractivity contribution in [2.75, 3.05) is 26.4 Å². The number of hydrogen-bond acceptors (Lipinski definition) is 5. The second kappa shape index (κ2) is 6.68. The van der Waals surface area contributed by atoms with Crippen LogP contribution in [0.5, 0.6) is 0 Å². The molecule has 1 saturated heterocycles. The van der Waals surface area contributed by atoms with E-state index in [1.165, 1.54) is 6.20 Å². The van der Waals surface area contributed by atoms with Crippen molar-refractivity contribution >= 4 is 5.97 Å². The number of aromatic nitrogens is 2. The SMILES string of the molecule is CCOC(=O)c1cnn(C)c1COCC1CCOC1. The van der Waals surface area contributed by atoms with Gasteiger partial charge >= 0.3 is 5.97 Å². The van der Waals surface area contributed by atoms with Crippen LogP contribution in [0.25, 0.3) is 0 Å². The van der Waals surface area contributed by atoms with Crippen LogP contribution in [0.15, 0.2) is 6.20 Å². The molecule has 0 saturated carbocycles. The Morgan fingerprint density at radius 1 is 1.63 bits per heavy atom. The maximum atomic E-state index is 11.7. The Morgan fingerprint density at radius 3 is 3.16 bits per heavy atom. The third kappa shape index (κ3) is 3.54. The molecule has 6 heteroatoms. The fourth-order valence-electron chi connectivity index (χ4n) is 2.05. The van der Waals surface area contributed by atoms with Crippen LogP contribution in [0.2, 0.25) is 0 Å².